The van der Waals surface area contributed by atoms with E-state index in [1.165, 1.54) is 29.0 Å². The maximum absolute atomic E-state index is 12.9. The van der Waals surface area contributed by atoms with E-state index in [4.69, 9.17) is 11.6 Å². The summed E-state index contributed by atoms with van der Waals surface area (Å²) in [5, 5.41) is 3.20. The summed E-state index contributed by atoms with van der Waals surface area (Å²) < 4.78 is 15.1. The van der Waals surface area contributed by atoms with Gasteiger partial charge >= 0.3 is 5.69 Å². The van der Waals surface area contributed by atoms with Crippen molar-refractivity contribution in [3.05, 3.63) is 104 Å². The smallest absolute Gasteiger partial charge is 0.331 e. The molecular weight excluding hydrogens is 385 g/mol. The third-order valence-electron chi connectivity index (χ3n) is 4.11. The molecule has 0 spiro atoms. The SMILES string of the molecule is O=C(Cn1c(=O)ccn(Cc2ccc(Cl)cc2)c1=O)NCc1ccc(F)cc1. The minimum absolute atomic E-state index is 0.166. The molecule has 1 heterocycles. The van der Waals surface area contributed by atoms with Gasteiger partial charge in [-0.2, -0.15) is 0 Å². The van der Waals surface area contributed by atoms with Gasteiger partial charge in [-0.3, -0.25) is 18.7 Å². The number of hydrogen-bond donors (Lipinski definition) is 1. The zero-order chi connectivity index (χ0) is 20.1. The number of carbonyl (C=O) groups excluding carboxylic acids is 1. The van der Waals surface area contributed by atoms with Crippen molar-refractivity contribution in [2.75, 3.05) is 0 Å². The quantitative estimate of drug-likeness (QED) is 0.688. The number of hydrogen-bond acceptors (Lipinski definition) is 3. The molecule has 0 aliphatic heterocycles. The van der Waals surface area contributed by atoms with E-state index < -0.39 is 23.7 Å². The van der Waals surface area contributed by atoms with E-state index >= 15 is 0 Å². The fourth-order valence-electron chi connectivity index (χ4n) is 2.61. The standard InChI is InChI=1S/C20H17ClFN3O3/c21-16-5-1-15(2-6-16)12-24-10-9-19(27)25(20(24)28)13-18(26)23-11-14-3-7-17(22)8-4-14/h1-10H,11-13H2,(H,23,26). The van der Waals surface area contributed by atoms with Crippen molar-refractivity contribution in [1.29, 1.82) is 0 Å². The van der Waals surface area contributed by atoms with E-state index in [1.807, 2.05) is 0 Å². The van der Waals surface area contributed by atoms with Gasteiger partial charge in [0.2, 0.25) is 5.91 Å². The van der Waals surface area contributed by atoms with Crippen molar-refractivity contribution < 1.29 is 9.18 Å². The molecule has 0 radical (unpaired) electrons. The van der Waals surface area contributed by atoms with Crippen molar-refractivity contribution in [3.8, 4) is 0 Å². The fourth-order valence-corrected chi connectivity index (χ4v) is 2.74. The molecule has 1 aromatic heterocycles. The highest BCUT2D eigenvalue weighted by atomic mass is 35.5. The Bertz CT molecular complexity index is 1090. The summed E-state index contributed by atoms with van der Waals surface area (Å²) >= 11 is 5.85. The molecule has 3 rings (SSSR count). The minimum atomic E-state index is -0.584. The van der Waals surface area contributed by atoms with Gasteiger partial charge < -0.3 is 5.32 Å². The monoisotopic (exact) mass is 401 g/mol. The van der Waals surface area contributed by atoms with Gasteiger partial charge in [0.05, 0.1) is 6.54 Å². The second kappa shape index (κ2) is 8.67. The van der Waals surface area contributed by atoms with Crippen LogP contribution in [0, 0.1) is 5.82 Å². The summed E-state index contributed by atoms with van der Waals surface area (Å²) in [6, 6.07) is 13.9. The Morgan fingerprint density at radius 3 is 2.29 bits per heavy atom. The Morgan fingerprint density at radius 2 is 1.61 bits per heavy atom. The molecule has 2 aromatic carbocycles. The molecule has 8 heteroatoms. The predicted octanol–water partition coefficient (Wildman–Crippen LogP) is 2.17. The van der Waals surface area contributed by atoms with Crippen molar-refractivity contribution in [2.24, 2.45) is 0 Å². The molecule has 144 valence electrons. The summed E-state index contributed by atoms with van der Waals surface area (Å²) in [5.41, 5.74) is 0.390. The fraction of sp³-hybridized carbons (Fsp3) is 0.150. The first-order valence-electron chi connectivity index (χ1n) is 8.48. The lowest BCUT2D eigenvalue weighted by Gasteiger charge is -2.10. The van der Waals surface area contributed by atoms with Gasteiger partial charge in [0.1, 0.15) is 12.4 Å². The molecule has 6 nitrogen and oxygen atoms in total. The summed E-state index contributed by atoms with van der Waals surface area (Å²) in [7, 11) is 0. The minimum Gasteiger partial charge on any atom is -0.350 e. The average Bonchev–Trinajstić information content (AvgIpc) is 2.68. The first-order chi connectivity index (χ1) is 13.4. The van der Waals surface area contributed by atoms with Gasteiger partial charge in [-0.25, -0.2) is 9.18 Å². The van der Waals surface area contributed by atoms with Gasteiger partial charge in [-0.05, 0) is 35.4 Å². The third kappa shape index (κ3) is 4.95. The number of rotatable bonds is 6. The van der Waals surface area contributed by atoms with Crippen LogP contribution in [0.3, 0.4) is 0 Å². The van der Waals surface area contributed by atoms with Gasteiger partial charge in [-0.15, -0.1) is 0 Å². The highest BCUT2D eigenvalue weighted by Crippen LogP contribution is 2.09. The number of carbonyl (C=O) groups is 1. The van der Waals surface area contributed by atoms with Gasteiger partial charge in [0, 0.05) is 23.8 Å². The van der Waals surface area contributed by atoms with Crippen LogP contribution < -0.4 is 16.6 Å². The Kier molecular flexibility index (Phi) is 6.06. The van der Waals surface area contributed by atoms with Crippen LogP contribution in [-0.2, 0) is 24.4 Å². The van der Waals surface area contributed by atoms with Crippen LogP contribution in [0.1, 0.15) is 11.1 Å². The van der Waals surface area contributed by atoms with Crippen LogP contribution in [-0.4, -0.2) is 15.0 Å². The molecule has 0 fully saturated rings. The van der Waals surface area contributed by atoms with Crippen molar-refractivity contribution in [3.63, 3.8) is 0 Å². The zero-order valence-corrected chi connectivity index (χ0v) is 15.5. The molecule has 1 amide bonds. The number of benzene rings is 2. The Balaban J connectivity index is 1.71. The van der Waals surface area contributed by atoms with Gasteiger partial charge in [0.25, 0.3) is 5.56 Å². The van der Waals surface area contributed by atoms with E-state index in [2.05, 4.69) is 5.32 Å². The number of amides is 1. The number of nitrogens with one attached hydrogen (secondary N) is 1. The number of halogens is 2. The van der Waals surface area contributed by atoms with E-state index in [-0.39, 0.29) is 18.9 Å². The lowest BCUT2D eigenvalue weighted by molar-refractivity contribution is -0.121. The Labute approximate surface area is 164 Å². The van der Waals surface area contributed by atoms with Crippen LogP contribution in [0.5, 0.6) is 0 Å². The molecule has 0 unspecified atom stereocenters. The van der Waals surface area contributed by atoms with Crippen LogP contribution in [0.4, 0.5) is 4.39 Å². The first-order valence-corrected chi connectivity index (χ1v) is 8.86. The highest BCUT2D eigenvalue weighted by molar-refractivity contribution is 6.30. The zero-order valence-electron chi connectivity index (χ0n) is 14.8. The Hall–Kier alpha value is -3.19. The second-order valence-corrected chi connectivity index (χ2v) is 6.62. The van der Waals surface area contributed by atoms with Crippen molar-refractivity contribution >= 4 is 17.5 Å². The lowest BCUT2D eigenvalue weighted by atomic mass is 10.2. The average molecular weight is 402 g/mol. The molecule has 0 aliphatic rings. The summed E-state index contributed by atoms with van der Waals surface area (Å²) in [6.07, 6.45) is 1.40. The van der Waals surface area contributed by atoms with Crippen molar-refractivity contribution in [2.45, 2.75) is 19.6 Å². The molecule has 0 bridgehead atoms. The van der Waals surface area contributed by atoms with E-state index in [0.717, 1.165) is 10.1 Å². The molecule has 0 aliphatic carbocycles. The van der Waals surface area contributed by atoms with E-state index in [1.54, 1.807) is 36.4 Å². The predicted molar refractivity (Wildman–Crippen MR) is 104 cm³/mol. The third-order valence-corrected chi connectivity index (χ3v) is 4.36. The number of aromatic nitrogens is 2. The molecule has 0 atom stereocenters. The molecule has 0 saturated carbocycles. The van der Waals surface area contributed by atoms with E-state index in [0.29, 0.717) is 10.6 Å². The van der Waals surface area contributed by atoms with Gasteiger partial charge in [-0.1, -0.05) is 35.9 Å². The normalized spacial score (nSPS) is 10.6. The summed E-state index contributed by atoms with van der Waals surface area (Å²) in [6.45, 7) is 0.00740. The molecule has 3 aromatic rings. The van der Waals surface area contributed by atoms with Crippen LogP contribution in [0.25, 0.3) is 0 Å². The molecule has 1 N–H and O–H groups in total. The molecule has 0 saturated heterocycles. The first kappa shape index (κ1) is 19.6. The molecular formula is C20H17ClFN3O3. The maximum atomic E-state index is 12.9. The van der Waals surface area contributed by atoms with Crippen LogP contribution >= 0.6 is 11.6 Å². The largest absolute Gasteiger partial charge is 0.350 e. The topological polar surface area (TPSA) is 73.1 Å². The summed E-state index contributed by atoms with van der Waals surface area (Å²) in [5.74, 6) is -0.861. The highest BCUT2D eigenvalue weighted by Gasteiger charge is 2.10. The molecule has 28 heavy (non-hydrogen) atoms. The second-order valence-electron chi connectivity index (χ2n) is 6.18. The lowest BCUT2D eigenvalue weighted by Crippen LogP contribution is -2.43. The maximum Gasteiger partial charge on any atom is 0.331 e. The van der Waals surface area contributed by atoms with E-state index in [9.17, 15) is 18.8 Å². The van der Waals surface area contributed by atoms with Gasteiger partial charge in [0.15, 0.2) is 0 Å². The van der Waals surface area contributed by atoms with Crippen LogP contribution in [0.2, 0.25) is 5.02 Å². The van der Waals surface area contributed by atoms with Crippen molar-refractivity contribution in [1.82, 2.24) is 14.5 Å². The summed E-state index contributed by atoms with van der Waals surface area (Å²) in [4.78, 5) is 36.8. The number of nitrogens with zero attached hydrogens (tertiary/aromatic N) is 2. The van der Waals surface area contributed by atoms with Crippen LogP contribution in [0.15, 0.2) is 70.4 Å². The Morgan fingerprint density at radius 1 is 0.964 bits per heavy atom.